The zero-order chi connectivity index (χ0) is 19.5. The van der Waals surface area contributed by atoms with Crippen LogP contribution in [0.1, 0.15) is 0 Å². The summed E-state index contributed by atoms with van der Waals surface area (Å²) in [5.74, 6) is 0.869. The fraction of sp³-hybridized carbons (Fsp3) is 0.381. The lowest BCUT2D eigenvalue weighted by Gasteiger charge is -2.34. The van der Waals surface area contributed by atoms with Gasteiger partial charge in [-0.3, -0.25) is 9.80 Å². The molecular formula is C21H25ClN4OS. The van der Waals surface area contributed by atoms with Crippen molar-refractivity contribution in [3.8, 4) is 5.75 Å². The molecule has 3 aromatic rings. The molecule has 1 saturated heterocycles. The Bertz CT molecular complexity index is 990. The van der Waals surface area contributed by atoms with Gasteiger partial charge in [-0.2, -0.15) is 0 Å². The van der Waals surface area contributed by atoms with Crippen molar-refractivity contribution in [2.24, 2.45) is 7.05 Å². The molecular weight excluding hydrogens is 392 g/mol. The average molecular weight is 417 g/mol. The molecule has 4 rings (SSSR count). The molecule has 1 aliphatic heterocycles. The minimum atomic E-state index is 0.690. The van der Waals surface area contributed by atoms with E-state index in [-0.39, 0.29) is 0 Å². The Kier molecular flexibility index (Phi) is 6.01. The van der Waals surface area contributed by atoms with Crippen LogP contribution < -0.4 is 4.74 Å². The summed E-state index contributed by atoms with van der Waals surface area (Å²) in [5, 5.41) is 0.731. The molecule has 0 bridgehead atoms. The maximum atomic E-state index is 5.90. The molecule has 0 N–H and O–H groups in total. The van der Waals surface area contributed by atoms with Crippen LogP contribution in [-0.4, -0.2) is 58.3 Å². The Hall–Kier alpha value is -1.86. The Morgan fingerprint density at radius 1 is 0.929 bits per heavy atom. The van der Waals surface area contributed by atoms with E-state index in [1.165, 1.54) is 11.0 Å². The van der Waals surface area contributed by atoms with E-state index in [2.05, 4.69) is 43.2 Å². The first-order valence-corrected chi connectivity index (χ1v) is 10.4. The molecule has 0 spiro atoms. The molecule has 28 heavy (non-hydrogen) atoms. The van der Waals surface area contributed by atoms with Crippen molar-refractivity contribution in [1.29, 1.82) is 0 Å². The van der Waals surface area contributed by atoms with Gasteiger partial charge in [0.1, 0.15) is 12.4 Å². The number of aryl methyl sites for hydroxylation is 1. The van der Waals surface area contributed by atoms with Gasteiger partial charge in [0.15, 0.2) is 4.77 Å². The van der Waals surface area contributed by atoms with Gasteiger partial charge < -0.3 is 13.9 Å². The Balaban J connectivity index is 1.28. The number of ether oxygens (including phenoxy) is 1. The van der Waals surface area contributed by atoms with Gasteiger partial charge in [-0.1, -0.05) is 23.7 Å². The Labute approximate surface area is 175 Å². The molecule has 2 heterocycles. The molecule has 148 valence electrons. The normalized spacial score (nSPS) is 15.9. The van der Waals surface area contributed by atoms with Gasteiger partial charge in [0.05, 0.1) is 17.7 Å². The van der Waals surface area contributed by atoms with Crippen LogP contribution >= 0.6 is 23.8 Å². The topological polar surface area (TPSA) is 25.6 Å². The molecule has 0 aliphatic carbocycles. The fourth-order valence-corrected chi connectivity index (χ4v) is 4.06. The van der Waals surface area contributed by atoms with Gasteiger partial charge in [-0.05, 0) is 48.6 Å². The van der Waals surface area contributed by atoms with E-state index in [0.29, 0.717) is 6.61 Å². The lowest BCUT2D eigenvalue weighted by atomic mass is 10.3. The van der Waals surface area contributed by atoms with Crippen LogP contribution in [0.4, 0.5) is 0 Å². The molecule has 1 aromatic heterocycles. The van der Waals surface area contributed by atoms with Crippen LogP contribution in [0, 0.1) is 4.77 Å². The maximum absolute atomic E-state index is 5.90. The number of hydrogen-bond acceptors (Lipinski definition) is 4. The number of aromatic nitrogens is 2. The molecule has 5 nitrogen and oxygen atoms in total. The molecule has 1 fully saturated rings. The molecule has 1 aliphatic rings. The molecule has 0 amide bonds. The van der Waals surface area contributed by atoms with E-state index in [1.807, 2.05) is 31.3 Å². The highest BCUT2D eigenvalue weighted by Gasteiger charge is 2.18. The summed E-state index contributed by atoms with van der Waals surface area (Å²) in [6.45, 7) is 6.62. The SMILES string of the molecule is Cn1c(=S)n(CN2CCN(CCOc3ccc(Cl)cc3)CC2)c2ccccc21. The number of imidazole rings is 1. The second kappa shape index (κ2) is 8.66. The van der Waals surface area contributed by atoms with E-state index in [1.54, 1.807) is 0 Å². The van der Waals surface area contributed by atoms with Crippen LogP contribution in [0.5, 0.6) is 5.75 Å². The van der Waals surface area contributed by atoms with Crippen molar-refractivity contribution in [3.05, 3.63) is 58.3 Å². The first kappa shape index (κ1) is 19.5. The van der Waals surface area contributed by atoms with Crippen LogP contribution in [0.3, 0.4) is 0 Å². The first-order valence-electron chi connectivity index (χ1n) is 9.59. The molecule has 7 heteroatoms. The number of nitrogens with zero attached hydrogens (tertiary/aromatic N) is 4. The molecule has 0 unspecified atom stereocenters. The van der Waals surface area contributed by atoms with Gasteiger partial charge >= 0.3 is 0 Å². The standard InChI is InChI=1S/C21H25ClN4OS/c1-23-19-4-2-3-5-20(19)26(21(23)28)16-25-12-10-24(11-13-25)14-15-27-18-8-6-17(22)7-9-18/h2-9H,10-16H2,1H3. The Morgan fingerprint density at radius 2 is 1.57 bits per heavy atom. The van der Waals surface area contributed by atoms with Crippen LogP contribution in [0.25, 0.3) is 11.0 Å². The fourth-order valence-electron chi connectivity index (χ4n) is 3.68. The van der Waals surface area contributed by atoms with Crippen molar-refractivity contribution in [2.75, 3.05) is 39.3 Å². The molecule has 0 saturated carbocycles. The summed E-state index contributed by atoms with van der Waals surface area (Å²) in [6.07, 6.45) is 0. The number of hydrogen-bond donors (Lipinski definition) is 0. The van der Waals surface area contributed by atoms with Crippen molar-refractivity contribution in [3.63, 3.8) is 0 Å². The van der Waals surface area contributed by atoms with E-state index >= 15 is 0 Å². The van der Waals surface area contributed by atoms with E-state index in [4.69, 9.17) is 28.6 Å². The van der Waals surface area contributed by atoms with E-state index in [0.717, 1.165) is 54.9 Å². The lowest BCUT2D eigenvalue weighted by molar-refractivity contribution is 0.0968. The third-order valence-electron chi connectivity index (χ3n) is 5.35. The zero-order valence-electron chi connectivity index (χ0n) is 16.1. The van der Waals surface area contributed by atoms with Crippen LogP contribution in [-0.2, 0) is 13.7 Å². The predicted octanol–water partition coefficient (Wildman–Crippen LogP) is 4.02. The molecule has 2 aromatic carbocycles. The van der Waals surface area contributed by atoms with Gasteiger partial charge in [-0.15, -0.1) is 0 Å². The smallest absolute Gasteiger partial charge is 0.181 e. The number of rotatable bonds is 6. The van der Waals surface area contributed by atoms with Crippen molar-refractivity contribution in [2.45, 2.75) is 6.67 Å². The number of para-hydroxylation sites is 2. The summed E-state index contributed by atoms with van der Waals surface area (Å²) in [7, 11) is 2.04. The van der Waals surface area contributed by atoms with E-state index < -0.39 is 0 Å². The average Bonchev–Trinajstić information content (AvgIpc) is 2.96. The minimum Gasteiger partial charge on any atom is -0.492 e. The van der Waals surface area contributed by atoms with Crippen molar-refractivity contribution in [1.82, 2.24) is 18.9 Å². The van der Waals surface area contributed by atoms with Gasteiger partial charge in [0, 0.05) is 44.8 Å². The van der Waals surface area contributed by atoms with Crippen LogP contribution in [0.2, 0.25) is 5.02 Å². The third kappa shape index (κ3) is 4.25. The summed E-state index contributed by atoms with van der Waals surface area (Å²) in [5.41, 5.74) is 2.39. The second-order valence-corrected chi connectivity index (χ2v) is 7.96. The van der Waals surface area contributed by atoms with Gasteiger partial charge in [-0.25, -0.2) is 0 Å². The Morgan fingerprint density at radius 3 is 2.29 bits per heavy atom. The third-order valence-corrected chi connectivity index (χ3v) is 6.09. The highest BCUT2D eigenvalue weighted by molar-refractivity contribution is 7.71. The lowest BCUT2D eigenvalue weighted by Crippen LogP contribution is -2.47. The molecule has 0 atom stereocenters. The number of halogens is 1. The number of benzene rings is 2. The quantitative estimate of drug-likeness (QED) is 0.567. The van der Waals surface area contributed by atoms with Gasteiger partial charge in [0.2, 0.25) is 0 Å². The van der Waals surface area contributed by atoms with Gasteiger partial charge in [0.25, 0.3) is 0 Å². The van der Waals surface area contributed by atoms with Crippen LogP contribution in [0.15, 0.2) is 48.5 Å². The summed E-state index contributed by atoms with van der Waals surface area (Å²) in [6, 6.07) is 15.9. The van der Waals surface area contributed by atoms with E-state index in [9.17, 15) is 0 Å². The van der Waals surface area contributed by atoms with Crippen molar-refractivity contribution >= 4 is 34.9 Å². The largest absolute Gasteiger partial charge is 0.492 e. The first-order chi connectivity index (χ1) is 13.6. The summed E-state index contributed by atoms with van der Waals surface area (Å²) >= 11 is 11.6. The molecule has 0 radical (unpaired) electrons. The minimum absolute atomic E-state index is 0.690. The number of fused-ring (bicyclic) bond motifs is 1. The highest BCUT2D eigenvalue weighted by atomic mass is 35.5. The zero-order valence-corrected chi connectivity index (χ0v) is 17.6. The number of piperazine rings is 1. The maximum Gasteiger partial charge on any atom is 0.181 e. The monoisotopic (exact) mass is 416 g/mol. The van der Waals surface area contributed by atoms with Crippen molar-refractivity contribution < 1.29 is 4.74 Å². The second-order valence-electron chi connectivity index (χ2n) is 7.16. The highest BCUT2D eigenvalue weighted by Crippen LogP contribution is 2.18. The predicted molar refractivity (Wildman–Crippen MR) is 117 cm³/mol. The summed E-state index contributed by atoms with van der Waals surface area (Å²) < 4.78 is 11.0. The summed E-state index contributed by atoms with van der Waals surface area (Å²) in [4.78, 5) is 4.92.